The minimum Gasteiger partial charge on any atom is -0.363 e. The summed E-state index contributed by atoms with van der Waals surface area (Å²) >= 11 is 0. The number of anilines is 1. The van der Waals surface area contributed by atoms with Crippen LogP contribution in [0.4, 0.5) is 11.4 Å². The van der Waals surface area contributed by atoms with Crippen molar-refractivity contribution in [3.8, 4) is 0 Å². The number of nitro groups is 1. The maximum atomic E-state index is 11.9. The third-order valence-electron chi connectivity index (χ3n) is 5.83. The molecular weight excluding hydrogens is 392 g/mol. The van der Waals surface area contributed by atoms with E-state index >= 15 is 0 Å². The molecule has 0 atom stereocenters. The molecule has 8 heteroatoms. The summed E-state index contributed by atoms with van der Waals surface area (Å²) in [4.78, 5) is 13.8. The third-order valence-corrected chi connectivity index (χ3v) is 6.55. The highest BCUT2D eigenvalue weighted by Crippen LogP contribution is 2.38. The van der Waals surface area contributed by atoms with E-state index in [1.807, 2.05) is 26.0 Å². The highest BCUT2D eigenvalue weighted by Gasteiger charge is 2.31. The maximum Gasteiger partial charge on any atom is 0.292 e. The predicted octanol–water partition coefficient (Wildman–Crippen LogP) is 4.95. The number of nitrogens with zero attached hydrogens (tertiary/aromatic N) is 2. The van der Waals surface area contributed by atoms with Gasteiger partial charge >= 0.3 is 0 Å². The molecule has 0 aromatic heterocycles. The lowest BCUT2D eigenvalue weighted by Gasteiger charge is -2.37. The molecule has 1 aliphatic rings. The third kappa shape index (κ3) is 6.67. The molecule has 0 aliphatic heterocycles. The van der Waals surface area contributed by atoms with Crippen molar-refractivity contribution < 1.29 is 17.9 Å². The Kier molecular flexibility index (Phi) is 7.67. The van der Waals surface area contributed by atoms with Crippen LogP contribution in [0, 0.1) is 16.0 Å². The van der Waals surface area contributed by atoms with E-state index in [-0.39, 0.29) is 22.8 Å². The number of hydrogen-bond acceptors (Lipinski definition) is 5. The Hall–Kier alpha value is -1.67. The summed E-state index contributed by atoms with van der Waals surface area (Å²) in [6, 6.07) is 5.57. The predicted molar refractivity (Wildman–Crippen MR) is 116 cm³/mol. The molecule has 1 N–H and O–H groups in total. The van der Waals surface area contributed by atoms with Gasteiger partial charge in [0, 0.05) is 18.7 Å². The summed E-state index contributed by atoms with van der Waals surface area (Å²) in [5, 5.41) is 11.9. The van der Waals surface area contributed by atoms with Crippen molar-refractivity contribution in [3.05, 3.63) is 33.9 Å². The van der Waals surface area contributed by atoms with E-state index in [2.05, 4.69) is 18.7 Å². The van der Waals surface area contributed by atoms with E-state index in [4.69, 9.17) is 4.55 Å². The molecule has 0 amide bonds. The summed E-state index contributed by atoms with van der Waals surface area (Å²) in [6.07, 6.45) is 5.79. The average Bonchev–Trinajstić information content (AvgIpc) is 2.64. The number of nitro benzene ring substituents is 1. The van der Waals surface area contributed by atoms with Crippen LogP contribution in [0.5, 0.6) is 0 Å². The fourth-order valence-electron chi connectivity index (χ4n) is 4.09. The summed E-state index contributed by atoms with van der Waals surface area (Å²) in [7, 11) is -4.08. The molecule has 7 nitrogen and oxygen atoms in total. The largest absolute Gasteiger partial charge is 0.363 e. The molecule has 0 saturated heterocycles. The number of benzene rings is 1. The Labute approximate surface area is 174 Å². The zero-order valence-corrected chi connectivity index (χ0v) is 18.7. The Morgan fingerprint density at radius 1 is 1.24 bits per heavy atom. The first kappa shape index (κ1) is 23.6. The first-order chi connectivity index (χ1) is 13.4. The Morgan fingerprint density at radius 2 is 1.86 bits per heavy atom. The second kappa shape index (κ2) is 9.43. The van der Waals surface area contributed by atoms with Gasteiger partial charge in [-0.25, -0.2) is 0 Å². The summed E-state index contributed by atoms with van der Waals surface area (Å²) in [5.41, 5.74) is 0.788. The van der Waals surface area contributed by atoms with Crippen LogP contribution in [0.15, 0.2) is 18.2 Å². The lowest BCUT2D eigenvalue weighted by Crippen LogP contribution is -2.39. The van der Waals surface area contributed by atoms with Crippen LogP contribution in [0.1, 0.15) is 71.8 Å². The monoisotopic (exact) mass is 426 g/mol. The standard InChI is InChI=1S/C21H34N2O5S/c1-16(2)15-22(18-8-6-5-7-9-18)19-11-10-17(14-20(19)23(24)25)21(3,4)12-13-29(26,27)28/h10-11,14,16,18H,5-9,12-13,15H2,1-4H3,(H,26,27,28). The minimum atomic E-state index is -4.08. The number of rotatable bonds is 9. The SMILES string of the molecule is CC(C)CN(c1ccc(C(C)(C)CCS(=O)(=O)O)cc1[N+](=O)[O-])C1CCCCC1. The lowest BCUT2D eigenvalue weighted by molar-refractivity contribution is -0.384. The molecule has 1 aromatic rings. The molecule has 2 rings (SSSR count). The molecule has 1 aromatic carbocycles. The van der Waals surface area contributed by atoms with Gasteiger partial charge in [0.15, 0.2) is 0 Å². The molecule has 164 valence electrons. The highest BCUT2D eigenvalue weighted by atomic mass is 32.2. The second-order valence-corrected chi connectivity index (χ2v) is 10.8. The molecule has 29 heavy (non-hydrogen) atoms. The van der Waals surface area contributed by atoms with Crippen LogP contribution in [-0.4, -0.2) is 36.2 Å². The molecular formula is C21H34N2O5S. The molecule has 0 radical (unpaired) electrons. The van der Waals surface area contributed by atoms with Crippen LogP contribution < -0.4 is 4.90 Å². The normalized spacial score (nSPS) is 16.2. The van der Waals surface area contributed by atoms with Gasteiger partial charge in [-0.05, 0) is 42.2 Å². The summed E-state index contributed by atoms with van der Waals surface area (Å²) in [6.45, 7) is 8.67. The van der Waals surface area contributed by atoms with Gasteiger partial charge in [-0.1, -0.05) is 53.0 Å². The van der Waals surface area contributed by atoms with E-state index in [9.17, 15) is 18.5 Å². The molecule has 1 saturated carbocycles. The lowest BCUT2D eigenvalue weighted by atomic mass is 9.81. The van der Waals surface area contributed by atoms with Crippen molar-refractivity contribution in [1.82, 2.24) is 0 Å². The Balaban J connectivity index is 2.42. The fourth-order valence-corrected chi connectivity index (χ4v) is 4.86. The van der Waals surface area contributed by atoms with Gasteiger partial charge < -0.3 is 4.90 Å². The van der Waals surface area contributed by atoms with Crippen LogP contribution in [-0.2, 0) is 15.5 Å². The van der Waals surface area contributed by atoms with Crippen molar-refractivity contribution in [2.45, 2.75) is 77.7 Å². The zero-order chi connectivity index (χ0) is 21.8. The summed E-state index contributed by atoms with van der Waals surface area (Å²) in [5.74, 6) is -0.000649. The van der Waals surface area contributed by atoms with Crippen LogP contribution >= 0.6 is 0 Å². The smallest absolute Gasteiger partial charge is 0.292 e. The van der Waals surface area contributed by atoms with Gasteiger partial charge in [0.2, 0.25) is 0 Å². The Morgan fingerprint density at radius 3 is 2.38 bits per heavy atom. The summed E-state index contributed by atoms with van der Waals surface area (Å²) < 4.78 is 31.4. The van der Waals surface area contributed by atoms with E-state index in [1.54, 1.807) is 6.07 Å². The van der Waals surface area contributed by atoms with Crippen molar-refractivity contribution in [1.29, 1.82) is 0 Å². The van der Waals surface area contributed by atoms with Crippen molar-refractivity contribution in [2.24, 2.45) is 5.92 Å². The van der Waals surface area contributed by atoms with Crippen molar-refractivity contribution in [3.63, 3.8) is 0 Å². The van der Waals surface area contributed by atoms with Crippen LogP contribution in [0.3, 0.4) is 0 Å². The van der Waals surface area contributed by atoms with Gasteiger partial charge in [0.1, 0.15) is 5.69 Å². The highest BCUT2D eigenvalue weighted by molar-refractivity contribution is 7.85. The topological polar surface area (TPSA) is 101 Å². The second-order valence-electron chi connectivity index (χ2n) is 9.22. The molecule has 0 spiro atoms. The minimum absolute atomic E-state index is 0.0636. The fraction of sp³-hybridized carbons (Fsp3) is 0.714. The van der Waals surface area contributed by atoms with E-state index in [0.29, 0.717) is 23.2 Å². The molecule has 0 unspecified atom stereocenters. The molecule has 1 fully saturated rings. The van der Waals surface area contributed by atoms with E-state index in [0.717, 1.165) is 32.2 Å². The van der Waals surface area contributed by atoms with Crippen LogP contribution in [0.2, 0.25) is 0 Å². The van der Waals surface area contributed by atoms with Gasteiger partial charge in [0.05, 0.1) is 10.7 Å². The van der Waals surface area contributed by atoms with Gasteiger partial charge in [-0.2, -0.15) is 8.42 Å². The van der Waals surface area contributed by atoms with Gasteiger partial charge in [-0.15, -0.1) is 0 Å². The molecule has 0 heterocycles. The van der Waals surface area contributed by atoms with E-state index < -0.39 is 15.5 Å². The zero-order valence-electron chi connectivity index (χ0n) is 17.9. The first-order valence-corrected chi connectivity index (χ1v) is 12.0. The van der Waals surface area contributed by atoms with Crippen molar-refractivity contribution >= 4 is 21.5 Å². The Bertz CT molecular complexity index is 814. The van der Waals surface area contributed by atoms with E-state index in [1.165, 1.54) is 6.42 Å². The average molecular weight is 427 g/mol. The quantitative estimate of drug-likeness (QED) is 0.341. The first-order valence-electron chi connectivity index (χ1n) is 10.4. The van der Waals surface area contributed by atoms with Crippen molar-refractivity contribution in [2.75, 3.05) is 17.2 Å². The molecule has 0 bridgehead atoms. The number of hydrogen-bond donors (Lipinski definition) is 1. The maximum absolute atomic E-state index is 11.9. The molecule has 1 aliphatic carbocycles. The van der Waals surface area contributed by atoms with Crippen LogP contribution in [0.25, 0.3) is 0 Å². The van der Waals surface area contributed by atoms with Gasteiger partial charge in [-0.3, -0.25) is 14.7 Å². The van der Waals surface area contributed by atoms with Gasteiger partial charge in [0.25, 0.3) is 15.8 Å².